The number of aromatic nitrogens is 3. The van der Waals surface area contributed by atoms with Crippen molar-refractivity contribution in [3.63, 3.8) is 0 Å². The molecule has 3 aromatic rings. The molecule has 1 saturated carbocycles. The smallest absolute Gasteiger partial charge is 0.341 e. The zero-order valence-electron chi connectivity index (χ0n) is 16.9. The van der Waals surface area contributed by atoms with Gasteiger partial charge in [0, 0.05) is 35.9 Å². The summed E-state index contributed by atoms with van der Waals surface area (Å²) in [7, 11) is 0. The summed E-state index contributed by atoms with van der Waals surface area (Å²) in [6, 6.07) is 7.77. The van der Waals surface area contributed by atoms with Crippen molar-refractivity contribution >= 4 is 17.8 Å². The molecule has 1 fully saturated rings. The van der Waals surface area contributed by atoms with Gasteiger partial charge in [0.2, 0.25) is 5.95 Å². The number of amides is 1. The summed E-state index contributed by atoms with van der Waals surface area (Å²) in [5.41, 5.74) is -0.105. The van der Waals surface area contributed by atoms with Gasteiger partial charge in [-0.05, 0) is 49.4 Å². The molecule has 1 aliphatic heterocycles. The van der Waals surface area contributed by atoms with Gasteiger partial charge in [0.1, 0.15) is 17.0 Å². The van der Waals surface area contributed by atoms with Crippen LogP contribution in [0, 0.1) is 5.82 Å². The number of aliphatic hydroxyl groups is 1. The molecule has 32 heavy (non-hydrogen) atoms. The predicted octanol–water partition coefficient (Wildman–Crippen LogP) is 2.99. The lowest BCUT2D eigenvalue weighted by Crippen LogP contribution is -2.49. The maximum absolute atomic E-state index is 13.4. The van der Waals surface area contributed by atoms with E-state index >= 15 is 0 Å². The van der Waals surface area contributed by atoms with E-state index in [1.807, 2.05) is 0 Å². The Kier molecular flexibility index (Phi) is 4.70. The fourth-order valence-corrected chi connectivity index (χ4v) is 4.34. The van der Waals surface area contributed by atoms with Gasteiger partial charge in [-0.3, -0.25) is 15.1 Å². The number of hydrogen-bond acceptors (Lipinski definition) is 7. The normalized spacial score (nSPS) is 24.1. The molecule has 0 unspecified atom stereocenters. The molecule has 8 nitrogen and oxygen atoms in total. The van der Waals surface area contributed by atoms with Gasteiger partial charge in [-0.25, -0.2) is 19.2 Å². The standard InChI is InChI=1S/C23H19FN4O4/c24-16-3-1-2-14(10-16)15-11-26-21(27-12-15)28-20(30)22(31)5-7-23(8-6-22)18-4-9-25-13-17(18)19(29)32-23/h1-4,9-13,31H,5-8H2,(H,26,27,28,30). The summed E-state index contributed by atoms with van der Waals surface area (Å²) in [6.45, 7) is 0. The van der Waals surface area contributed by atoms with Crippen LogP contribution in [0.25, 0.3) is 11.1 Å². The SMILES string of the molecule is O=C1OC2(CCC(O)(C(=O)Nc3ncc(-c4cccc(F)c4)cn3)CC2)c2ccncc21. The number of benzene rings is 1. The molecule has 1 amide bonds. The van der Waals surface area contributed by atoms with E-state index in [9.17, 15) is 19.1 Å². The number of ether oxygens (including phenoxy) is 1. The van der Waals surface area contributed by atoms with Crippen molar-refractivity contribution in [2.24, 2.45) is 0 Å². The van der Waals surface area contributed by atoms with Crippen LogP contribution in [0.2, 0.25) is 0 Å². The molecule has 2 aliphatic rings. The maximum atomic E-state index is 13.4. The van der Waals surface area contributed by atoms with Crippen LogP contribution in [-0.4, -0.2) is 37.5 Å². The van der Waals surface area contributed by atoms with Crippen molar-refractivity contribution in [3.8, 4) is 11.1 Å². The molecule has 9 heteroatoms. The Morgan fingerprint density at radius 1 is 1.06 bits per heavy atom. The van der Waals surface area contributed by atoms with Crippen molar-refractivity contribution in [1.82, 2.24) is 15.0 Å². The second-order valence-corrected chi connectivity index (χ2v) is 8.10. The summed E-state index contributed by atoms with van der Waals surface area (Å²) in [4.78, 5) is 37.2. The molecule has 5 rings (SSSR count). The van der Waals surface area contributed by atoms with Gasteiger partial charge in [0.05, 0.1) is 5.56 Å². The van der Waals surface area contributed by atoms with Crippen LogP contribution >= 0.6 is 0 Å². The first kappa shape index (κ1) is 20.2. The number of fused-ring (bicyclic) bond motifs is 2. The lowest BCUT2D eigenvalue weighted by molar-refractivity contribution is -0.144. The zero-order chi connectivity index (χ0) is 22.3. The molecule has 0 bridgehead atoms. The average molecular weight is 434 g/mol. The van der Waals surface area contributed by atoms with Crippen LogP contribution in [0.5, 0.6) is 0 Å². The number of hydrogen-bond donors (Lipinski definition) is 2. The second kappa shape index (κ2) is 7.45. The number of nitrogens with zero attached hydrogens (tertiary/aromatic N) is 3. The number of pyridine rings is 1. The van der Waals surface area contributed by atoms with E-state index in [0.29, 0.717) is 29.5 Å². The number of anilines is 1. The van der Waals surface area contributed by atoms with Crippen LogP contribution in [0.4, 0.5) is 10.3 Å². The lowest BCUT2D eigenvalue weighted by atomic mass is 9.72. The van der Waals surface area contributed by atoms with Gasteiger partial charge in [-0.15, -0.1) is 0 Å². The first-order chi connectivity index (χ1) is 15.4. The molecule has 2 aromatic heterocycles. The minimum absolute atomic E-state index is 0.0348. The molecule has 1 aromatic carbocycles. The van der Waals surface area contributed by atoms with Crippen molar-refractivity contribution in [2.75, 3.05) is 5.32 Å². The van der Waals surface area contributed by atoms with E-state index in [1.165, 1.54) is 30.7 Å². The summed E-state index contributed by atoms with van der Waals surface area (Å²) in [5, 5.41) is 13.5. The van der Waals surface area contributed by atoms with Crippen LogP contribution in [0.15, 0.2) is 55.1 Å². The van der Waals surface area contributed by atoms with Gasteiger partial charge in [-0.1, -0.05) is 12.1 Å². The van der Waals surface area contributed by atoms with E-state index in [4.69, 9.17) is 4.74 Å². The van der Waals surface area contributed by atoms with Crippen LogP contribution in [0.1, 0.15) is 41.6 Å². The van der Waals surface area contributed by atoms with Crippen molar-refractivity contribution in [1.29, 1.82) is 0 Å². The third-order valence-electron chi connectivity index (χ3n) is 6.16. The molecule has 162 valence electrons. The van der Waals surface area contributed by atoms with Gasteiger partial charge in [0.15, 0.2) is 0 Å². The fraction of sp³-hybridized carbons (Fsp3) is 0.261. The van der Waals surface area contributed by atoms with E-state index in [1.54, 1.807) is 24.4 Å². The first-order valence-corrected chi connectivity index (χ1v) is 10.2. The van der Waals surface area contributed by atoms with Gasteiger partial charge in [0.25, 0.3) is 5.91 Å². The number of carbonyl (C=O) groups excluding carboxylic acids is 2. The fourth-order valence-electron chi connectivity index (χ4n) is 4.34. The number of nitrogens with one attached hydrogen (secondary N) is 1. The first-order valence-electron chi connectivity index (χ1n) is 10.2. The highest BCUT2D eigenvalue weighted by Crippen LogP contribution is 2.49. The number of carbonyl (C=O) groups is 2. The highest BCUT2D eigenvalue weighted by Gasteiger charge is 2.53. The van der Waals surface area contributed by atoms with Gasteiger partial charge >= 0.3 is 5.97 Å². The summed E-state index contributed by atoms with van der Waals surface area (Å²) >= 11 is 0. The Labute approximate surface area is 182 Å². The van der Waals surface area contributed by atoms with Crippen molar-refractivity contribution < 1.29 is 23.8 Å². The molecule has 2 N–H and O–H groups in total. The summed E-state index contributed by atoms with van der Waals surface area (Å²) < 4.78 is 19.1. The molecule has 0 saturated heterocycles. The predicted molar refractivity (Wildman–Crippen MR) is 111 cm³/mol. The highest BCUT2D eigenvalue weighted by molar-refractivity contribution is 5.96. The average Bonchev–Trinajstić information content (AvgIpc) is 3.08. The Morgan fingerprint density at radius 3 is 2.53 bits per heavy atom. The van der Waals surface area contributed by atoms with E-state index in [-0.39, 0.29) is 24.6 Å². The molecular weight excluding hydrogens is 415 g/mol. The number of esters is 1. The van der Waals surface area contributed by atoms with E-state index in [2.05, 4.69) is 20.3 Å². The quantitative estimate of drug-likeness (QED) is 0.609. The molecule has 1 spiro atoms. The molecule has 0 atom stereocenters. The molecule has 3 heterocycles. The monoisotopic (exact) mass is 434 g/mol. The lowest BCUT2D eigenvalue weighted by Gasteiger charge is -2.40. The Bertz CT molecular complexity index is 1210. The van der Waals surface area contributed by atoms with Crippen LogP contribution in [-0.2, 0) is 15.1 Å². The maximum Gasteiger partial charge on any atom is 0.341 e. The van der Waals surface area contributed by atoms with Crippen molar-refractivity contribution in [3.05, 3.63) is 72.1 Å². The molecular formula is C23H19FN4O4. The van der Waals surface area contributed by atoms with Crippen molar-refractivity contribution in [2.45, 2.75) is 36.9 Å². The zero-order valence-corrected chi connectivity index (χ0v) is 16.9. The summed E-state index contributed by atoms with van der Waals surface area (Å²) in [5.74, 6) is -1.39. The Balaban J connectivity index is 1.27. The Hall–Kier alpha value is -3.72. The molecule has 1 aliphatic carbocycles. The summed E-state index contributed by atoms with van der Waals surface area (Å²) in [6.07, 6.45) is 6.84. The third kappa shape index (κ3) is 3.40. The minimum atomic E-state index is -1.64. The number of halogens is 1. The van der Waals surface area contributed by atoms with Crippen LogP contribution in [0.3, 0.4) is 0 Å². The molecule has 0 radical (unpaired) electrons. The van der Waals surface area contributed by atoms with Gasteiger partial charge in [-0.2, -0.15) is 0 Å². The minimum Gasteiger partial charge on any atom is -0.450 e. The highest BCUT2D eigenvalue weighted by atomic mass is 19.1. The number of rotatable bonds is 3. The topological polar surface area (TPSA) is 114 Å². The van der Waals surface area contributed by atoms with E-state index in [0.717, 1.165) is 5.56 Å². The van der Waals surface area contributed by atoms with E-state index < -0.39 is 23.1 Å². The third-order valence-corrected chi connectivity index (χ3v) is 6.16. The van der Waals surface area contributed by atoms with Gasteiger partial charge < -0.3 is 9.84 Å². The van der Waals surface area contributed by atoms with Crippen LogP contribution < -0.4 is 5.32 Å². The second-order valence-electron chi connectivity index (χ2n) is 8.10. The Morgan fingerprint density at radius 2 is 1.81 bits per heavy atom. The largest absolute Gasteiger partial charge is 0.450 e.